The van der Waals surface area contributed by atoms with Crippen LogP contribution < -0.4 is 11.3 Å². The van der Waals surface area contributed by atoms with E-state index in [-0.39, 0.29) is 10.9 Å². The Balaban J connectivity index is 2.42. The van der Waals surface area contributed by atoms with Crippen LogP contribution in [0.4, 0.5) is 5.69 Å². The zero-order valence-corrected chi connectivity index (χ0v) is 12.0. The van der Waals surface area contributed by atoms with Gasteiger partial charge in [-0.2, -0.15) is 4.31 Å². The van der Waals surface area contributed by atoms with Gasteiger partial charge < -0.3 is 5.43 Å². The van der Waals surface area contributed by atoms with Gasteiger partial charge in [0.2, 0.25) is 10.0 Å². The van der Waals surface area contributed by atoms with Crippen LogP contribution in [0.25, 0.3) is 0 Å². The van der Waals surface area contributed by atoms with Crippen LogP contribution in [0.1, 0.15) is 26.7 Å². The number of nitrogens with one attached hydrogen (secondary N) is 1. The monoisotopic (exact) mass is 284 g/mol. The molecule has 1 aliphatic rings. The first kappa shape index (κ1) is 14.2. The first-order valence-electron chi connectivity index (χ1n) is 6.41. The smallest absolute Gasteiger partial charge is 0.246 e. The molecule has 0 spiro atoms. The molecule has 0 radical (unpaired) electrons. The van der Waals surface area contributed by atoms with Crippen molar-refractivity contribution in [3.63, 3.8) is 0 Å². The Hall–Kier alpha value is -1.18. The second kappa shape index (κ2) is 5.44. The summed E-state index contributed by atoms with van der Waals surface area (Å²) in [6.07, 6.45) is 4.66. The van der Waals surface area contributed by atoms with Gasteiger partial charge in [0.1, 0.15) is 4.90 Å². The maximum Gasteiger partial charge on any atom is 0.246 e. The second-order valence-corrected chi connectivity index (χ2v) is 6.94. The highest BCUT2D eigenvalue weighted by atomic mass is 32.2. The van der Waals surface area contributed by atoms with E-state index in [2.05, 4.69) is 10.4 Å². The molecule has 6 nitrogen and oxygen atoms in total. The zero-order valence-electron chi connectivity index (χ0n) is 11.2. The molecule has 19 heavy (non-hydrogen) atoms. The number of hydrogen-bond acceptors (Lipinski definition) is 5. The largest absolute Gasteiger partial charge is 0.323 e. The van der Waals surface area contributed by atoms with E-state index < -0.39 is 10.0 Å². The van der Waals surface area contributed by atoms with Crippen LogP contribution in [-0.4, -0.2) is 30.3 Å². The van der Waals surface area contributed by atoms with Crippen LogP contribution in [0.3, 0.4) is 0 Å². The topological polar surface area (TPSA) is 88.3 Å². The first-order chi connectivity index (χ1) is 8.98. The van der Waals surface area contributed by atoms with Crippen LogP contribution in [-0.2, 0) is 10.0 Å². The molecule has 1 saturated heterocycles. The second-order valence-electron chi connectivity index (χ2n) is 5.09. The maximum absolute atomic E-state index is 12.7. The van der Waals surface area contributed by atoms with Crippen molar-refractivity contribution < 1.29 is 8.42 Å². The molecule has 1 aliphatic heterocycles. The van der Waals surface area contributed by atoms with Gasteiger partial charge >= 0.3 is 0 Å². The number of nitrogen functional groups attached to an aromatic ring is 1. The minimum atomic E-state index is -3.55. The molecule has 0 aromatic carbocycles. The molecule has 2 heterocycles. The van der Waals surface area contributed by atoms with Crippen LogP contribution in [0.5, 0.6) is 0 Å². The molecule has 2 rings (SSSR count). The van der Waals surface area contributed by atoms with Crippen LogP contribution in [0.2, 0.25) is 0 Å². The number of hydrogen-bond donors (Lipinski definition) is 2. The predicted molar refractivity (Wildman–Crippen MR) is 73.8 cm³/mol. The van der Waals surface area contributed by atoms with Crippen molar-refractivity contribution in [3.8, 4) is 0 Å². The number of pyridine rings is 1. The molecule has 1 aromatic heterocycles. The van der Waals surface area contributed by atoms with Crippen LogP contribution in [0.15, 0.2) is 23.4 Å². The molecule has 1 aromatic rings. The number of sulfonamides is 1. The highest BCUT2D eigenvalue weighted by molar-refractivity contribution is 7.89. The van der Waals surface area contributed by atoms with E-state index in [1.807, 2.05) is 13.8 Å². The fourth-order valence-corrected chi connectivity index (χ4v) is 4.49. The summed E-state index contributed by atoms with van der Waals surface area (Å²) in [5.41, 5.74) is 2.80. The zero-order chi connectivity index (χ0) is 14.0. The molecule has 0 aliphatic carbocycles. The summed E-state index contributed by atoms with van der Waals surface area (Å²) in [4.78, 5) is 4.04. The Morgan fingerprint density at radius 1 is 1.53 bits per heavy atom. The normalized spacial score (nSPS) is 20.9. The summed E-state index contributed by atoms with van der Waals surface area (Å²) >= 11 is 0. The Bertz CT molecular complexity index is 544. The lowest BCUT2D eigenvalue weighted by Gasteiger charge is -2.27. The van der Waals surface area contributed by atoms with Gasteiger partial charge in [-0.15, -0.1) is 0 Å². The van der Waals surface area contributed by atoms with E-state index in [4.69, 9.17) is 5.84 Å². The Labute approximate surface area is 114 Å². The van der Waals surface area contributed by atoms with Crippen molar-refractivity contribution in [2.45, 2.75) is 37.6 Å². The molecular formula is C12H20N4O2S. The van der Waals surface area contributed by atoms with Gasteiger partial charge in [-0.05, 0) is 24.8 Å². The first-order valence-corrected chi connectivity index (χ1v) is 7.85. The van der Waals surface area contributed by atoms with Gasteiger partial charge in [-0.25, -0.2) is 8.42 Å². The Morgan fingerprint density at radius 2 is 2.26 bits per heavy atom. The standard InChI is InChI=1S/C12H20N4O2S/c1-9(2)11-4-3-7-16(11)19(17,18)12-8-14-6-5-10(12)15-13/h5-6,8-9,11H,3-4,7,13H2,1-2H3,(H,14,15). The number of nitrogens with zero attached hydrogens (tertiary/aromatic N) is 2. The number of hydrazine groups is 1. The van der Waals surface area contributed by atoms with Gasteiger partial charge in [-0.1, -0.05) is 13.8 Å². The highest BCUT2D eigenvalue weighted by Crippen LogP contribution is 2.32. The highest BCUT2D eigenvalue weighted by Gasteiger charge is 2.37. The van der Waals surface area contributed by atoms with E-state index in [1.165, 1.54) is 12.4 Å². The van der Waals surface area contributed by atoms with Crippen molar-refractivity contribution >= 4 is 15.7 Å². The number of nitrogens with two attached hydrogens (primary N) is 1. The third kappa shape index (κ3) is 2.58. The lowest BCUT2D eigenvalue weighted by Crippen LogP contribution is -2.38. The summed E-state index contributed by atoms with van der Waals surface area (Å²) in [7, 11) is -3.55. The third-order valence-electron chi connectivity index (χ3n) is 3.54. The quantitative estimate of drug-likeness (QED) is 0.640. The van der Waals surface area contributed by atoms with E-state index >= 15 is 0 Å². The minimum Gasteiger partial charge on any atom is -0.323 e. The van der Waals surface area contributed by atoms with Gasteiger partial charge in [-0.3, -0.25) is 10.8 Å². The Kier molecular flexibility index (Phi) is 4.07. The van der Waals surface area contributed by atoms with Crippen molar-refractivity contribution in [2.24, 2.45) is 11.8 Å². The molecule has 3 N–H and O–H groups in total. The number of anilines is 1. The molecule has 106 valence electrons. The average Bonchev–Trinajstić information content (AvgIpc) is 2.88. The number of aromatic nitrogens is 1. The summed E-state index contributed by atoms with van der Waals surface area (Å²) in [5, 5.41) is 0. The summed E-state index contributed by atoms with van der Waals surface area (Å²) in [5.74, 6) is 5.67. The summed E-state index contributed by atoms with van der Waals surface area (Å²) in [6, 6.07) is 1.61. The molecule has 0 bridgehead atoms. The van der Waals surface area contributed by atoms with Gasteiger partial charge in [0.15, 0.2) is 0 Å². The molecule has 1 unspecified atom stereocenters. The summed E-state index contributed by atoms with van der Waals surface area (Å²) in [6.45, 7) is 4.65. The van der Waals surface area contributed by atoms with Crippen molar-refractivity contribution in [2.75, 3.05) is 12.0 Å². The molecular weight excluding hydrogens is 264 g/mol. The van der Waals surface area contributed by atoms with E-state index in [0.717, 1.165) is 12.8 Å². The maximum atomic E-state index is 12.7. The molecule has 0 saturated carbocycles. The van der Waals surface area contributed by atoms with Crippen molar-refractivity contribution in [3.05, 3.63) is 18.5 Å². The van der Waals surface area contributed by atoms with Crippen LogP contribution in [0, 0.1) is 5.92 Å². The summed E-state index contributed by atoms with van der Waals surface area (Å²) < 4.78 is 27.0. The number of rotatable bonds is 4. The van der Waals surface area contributed by atoms with Gasteiger partial charge in [0.05, 0.1) is 5.69 Å². The third-order valence-corrected chi connectivity index (χ3v) is 5.50. The molecule has 1 atom stereocenters. The molecule has 7 heteroatoms. The van der Waals surface area contributed by atoms with E-state index in [1.54, 1.807) is 10.4 Å². The fourth-order valence-electron chi connectivity index (χ4n) is 2.56. The Morgan fingerprint density at radius 3 is 2.89 bits per heavy atom. The van der Waals surface area contributed by atoms with E-state index in [9.17, 15) is 8.42 Å². The lowest BCUT2D eigenvalue weighted by atomic mass is 10.0. The van der Waals surface area contributed by atoms with Crippen LogP contribution >= 0.6 is 0 Å². The fraction of sp³-hybridized carbons (Fsp3) is 0.583. The average molecular weight is 284 g/mol. The predicted octanol–water partition coefficient (Wildman–Crippen LogP) is 1.18. The van der Waals surface area contributed by atoms with Gasteiger partial charge in [0, 0.05) is 25.0 Å². The van der Waals surface area contributed by atoms with Crippen molar-refractivity contribution in [1.82, 2.24) is 9.29 Å². The minimum absolute atomic E-state index is 0.0517. The van der Waals surface area contributed by atoms with Crippen molar-refractivity contribution in [1.29, 1.82) is 0 Å². The SMILES string of the molecule is CC(C)C1CCCN1S(=O)(=O)c1cnccc1NN. The van der Waals surface area contributed by atoms with Gasteiger partial charge in [0.25, 0.3) is 0 Å². The molecule has 1 fully saturated rings. The lowest BCUT2D eigenvalue weighted by molar-refractivity contribution is 0.316. The van der Waals surface area contributed by atoms with E-state index in [0.29, 0.717) is 18.2 Å². The molecule has 0 amide bonds.